The van der Waals surface area contributed by atoms with E-state index in [0.717, 1.165) is 31.6 Å². The van der Waals surface area contributed by atoms with Gasteiger partial charge in [-0.3, -0.25) is 4.79 Å². The van der Waals surface area contributed by atoms with E-state index in [0.29, 0.717) is 37.9 Å². The number of hydrogen-bond donors (Lipinski definition) is 0. The van der Waals surface area contributed by atoms with Crippen LogP contribution in [0.5, 0.6) is 0 Å². The van der Waals surface area contributed by atoms with Gasteiger partial charge in [-0.25, -0.2) is 9.97 Å². The van der Waals surface area contributed by atoms with Crippen LogP contribution in [0.3, 0.4) is 0 Å². The molecule has 1 aromatic heterocycles. The van der Waals surface area contributed by atoms with Crippen molar-refractivity contribution < 1.29 is 9.53 Å². The molecule has 1 aliphatic rings. The maximum Gasteiger partial charge on any atom is 0.272 e. The van der Waals surface area contributed by atoms with Crippen molar-refractivity contribution in [1.29, 1.82) is 0 Å². The summed E-state index contributed by atoms with van der Waals surface area (Å²) in [5, 5.41) is 0. The summed E-state index contributed by atoms with van der Waals surface area (Å²) in [4.78, 5) is 25.6. The van der Waals surface area contributed by atoms with Gasteiger partial charge in [0, 0.05) is 31.9 Å². The largest absolute Gasteiger partial charge is 0.378 e. The molecule has 0 bridgehead atoms. The van der Waals surface area contributed by atoms with Crippen LogP contribution in [0.2, 0.25) is 0 Å². The normalized spacial score (nSPS) is 15.0. The first-order chi connectivity index (χ1) is 10.7. The monoisotopic (exact) mass is 306 g/mol. The van der Waals surface area contributed by atoms with Crippen LogP contribution >= 0.6 is 0 Å². The molecule has 22 heavy (non-hydrogen) atoms. The maximum atomic E-state index is 12.6. The molecule has 6 nitrogen and oxygen atoms in total. The SMILES string of the molecule is CCCN(CCC)c1nc(C)cc(C(=O)N2CCOCC2)n1. The van der Waals surface area contributed by atoms with E-state index in [-0.39, 0.29) is 5.91 Å². The molecule has 0 unspecified atom stereocenters. The molecule has 0 aromatic carbocycles. The third-order valence-corrected chi connectivity index (χ3v) is 3.63. The second-order valence-corrected chi connectivity index (χ2v) is 5.59. The molecule has 0 spiro atoms. The smallest absolute Gasteiger partial charge is 0.272 e. The lowest BCUT2D eigenvalue weighted by molar-refractivity contribution is 0.0299. The molecular formula is C16H26N4O2. The first-order valence-corrected chi connectivity index (χ1v) is 8.13. The molecule has 0 aliphatic carbocycles. The van der Waals surface area contributed by atoms with E-state index < -0.39 is 0 Å². The van der Waals surface area contributed by atoms with Crippen molar-refractivity contribution in [2.75, 3.05) is 44.3 Å². The number of rotatable bonds is 6. The highest BCUT2D eigenvalue weighted by atomic mass is 16.5. The van der Waals surface area contributed by atoms with Gasteiger partial charge in [-0.1, -0.05) is 13.8 Å². The van der Waals surface area contributed by atoms with Gasteiger partial charge < -0.3 is 14.5 Å². The highest BCUT2D eigenvalue weighted by Gasteiger charge is 2.21. The summed E-state index contributed by atoms with van der Waals surface area (Å²) in [6.07, 6.45) is 2.06. The van der Waals surface area contributed by atoms with Gasteiger partial charge in [0.1, 0.15) is 5.69 Å². The molecule has 1 aromatic rings. The van der Waals surface area contributed by atoms with E-state index in [1.807, 2.05) is 6.92 Å². The fraction of sp³-hybridized carbons (Fsp3) is 0.688. The summed E-state index contributed by atoms with van der Waals surface area (Å²) in [6, 6.07) is 1.78. The Bertz CT molecular complexity index is 495. The lowest BCUT2D eigenvalue weighted by Gasteiger charge is -2.27. The number of aryl methyl sites for hydroxylation is 1. The Morgan fingerprint density at radius 2 is 1.86 bits per heavy atom. The molecule has 1 saturated heterocycles. The third kappa shape index (κ3) is 4.16. The van der Waals surface area contributed by atoms with E-state index in [4.69, 9.17) is 4.74 Å². The number of ether oxygens (including phenoxy) is 1. The van der Waals surface area contributed by atoms with Crippen LogP contribution in [0.25, 0.3) is 0 Å². The Morgan fingerprint density at radius 1 is 1.23 bits per heavy atom. The second kappa shape index (κ2) is 8.08. The van der Waals surface area contributed by atoms with E-state index in [1.54, 1.807) is 11.0 Å². The van der Waals surface area contributed by atoms with Crippen LogP contribution in [0.4, 0.5) is 5.95 Å². The molecule has 1 amide bonds. The van der Waals surface area contributed by atoms with Crippen molar-refractivity contribution in [2.45, 2.75) is 33.6 Å². The van der Waals surface area contributed by atoms with Crippen LogP contribution in [0, 0.1) is 6.92 Å². The van der Waals surface area contributed by atoms with E-state index in [1.165, 1.54) is 0 Å². The molecule has 1 aliphatic heterocycles. The summed E-state index contributed by atoms with van der Waals surface area (Å²) < 4.78 is 5.30. The zero-order chi connectivity index (χ0) is 15.9. The fourth-order valence-electron chi connectivity index (χ4n) is 2.58. The molecule has 122 valence electrons. The van der Waals surface area contributed by atoms with Crippen molar-refractivity contribution >= 4 is 11.9 Å². The van der Waals surface area contributed by atoms with Crippen LogP contribution in [-0.4, -0.2) is 60.2 Å². The molecule has 0 radical (unpaired) electrons. The highest BCUT2D eigenvalue weighted by Crippen LogP contribution is 2.14. The summed E-state index contributed by atoms with van der Waals surface area (Å²) >= 11 is 0. The third-order valence-electron chi connectivity index (χ3n) is 3.63. The average molecular weight is 306 g/mol. The van der Waals surface area contributed by atoms with Crippen molar-refractivity contribution in [3.8, 4) is 0 Å². The summed E-state index contributed by atoms with van der Waals surface area (Å²) in [7, 11) is 0. The van der Waals surface area contributed by atoms with Crippen LogP contribution in [-0.2, 0) is 4.74 Å². The molecule has 0 N–H and O–H groups in total. The number of morpholine rings is 1. The van der Waals surface area contributed by atoms with Gasteiger partial charge in [0.2, 0.25) is 5.95 Å². The molecule has 6 heteroatoms. The van der Waals surface area contributed by atoms with Crippen LogP contribution < -0.4 is 4.90 Å². The van der Waals surface area contributed by atoms with Gasteiger partial charge in [-0.15, -0.1) is 0 Å². The van der Waals surface area contributed by atoms with Crippen molar-refractivity contribution in [2.24, 2.45) is 0 Å². The van der Waals surface area contributed by atoms with E-state index in [2.05, 4.69) is 28.7 Å². The number of carbonyl (C=O) groups excluding carboxylic acids is 1. The summed E-state index contributed by atoms with van der Waals surface area (Å²) in [5.41, 5.74) is 1.32. The maximum absolute atomic E-state index is 12.6. The minimum atomic E-state index is -0.0250. The first kappa shape index (κ1) is 16.7. The quantitative estimate of drug-likeness (QED) is 0.803. The van der Waals surface area contributed by atoms with Crippen molar-refractivity contribution in [3.05, 3.63) is 17.5 Å². The fourth-order valence-corrected chi connectivity index (χ4v) is 2.58. The lowest BCUT2D eigenvalue weighted by atomic mass is 10.2. The molecular weight excluding hydrogens is 280 g/mol. The number of anilines is 1. The molecule has 2 rings (SSSR count). The van der Waals surface area contributed by atoms with Gasteiger partial charge in [-0.05, 0) is 25.8 Å². The van der Waals surface area contributed by atoms with E-state index in [9.17, 15) is 4.79 Å². The Balaban J connectivity index is 2.22. The average Bonchev–Trinajstić information content (AvgIpc) is 2.54. The Labute approximate surface area is 132 Å². The van der Waals surface area contributed by atoms with Crippen LogP contribution in [0.1, 0.15) is 42.9 Å². The zero-order valence-corrected chi connectivity index (χ0v) is 13.8. The molecule has 0 atom stereocenters. The number of nitrogens with zero attached hydrogens (tertiary/aromatic N) is 4. The second-order valence-electron chi connectivity index (χ2n) is 5.59. The van der Waals surface area contributed by atoms with Crippen molar-refractivity contribution in [1.82, 2.24) is 14.9 Å². The predicted molar refractivity (Wildman–Crippen MR) is 86.3 cm³/mol. The van der Waals surface area contributed by atoms with Gasteiger partial charge in [-0.2, -0.15) is 0 Å². The molecule has 1 fully saturated rings. The number of aromatic nitrogens is 2. The topological polar surface area (TPSA) is 58.6 Å². The van der Waals surface area contributed by atoms with Gasteiger partial charge in [0.15, 0.2) is 0 Å². The Morgan fingerprint density at radius 3 is 2.45 bits per heavy atom. The minimum Gasteiger partial charge on any atom is -0.378 e. The summed E-state index contributed by atoms with van der Waals surface area (Å²) in [6.45, 7) is 10.5. The van der Waals surface area contributed by atoms with Gasteiger partial charge in [0.05, 0.1) is 13.2 Å². The zero-order valence-electron chi connectivity index (χ0n) is 13.8. The van der Waals surface area contributed by atoms with Crippen molar-refractivity contribution in [3.63, 3.8) is 0 Å². The van der Waals surface area contributed by atoms with Crippen LogP contribution in [0.15, 0.2) is 6.07 Å². The Kier molecular flexibility index (Phi) is 6.12. The standard InChI is InChI=1S/C16H26N4O2/c1-4-6-20(7-5-2)16-17-13(3)12-14(18-16)15(21)19-8-10-22-11-9-19/h12H,4-11H2,1-3H3. The number of amides is 1. The molecule has 2 heterocycles. The van der Waals surface area contributed by atoms with E-state index >= 15 is 0 Å². The lowest BCUT2D eigenvalue weighted by Crippen LogP contribution is -2.41. The number of hydrogen-bond acceptors (Lipinski definition) is 5. The van der Waals surface area contributed by atoms with Gasteiger partial charge in [0.25, 0.3) is 5.91 Å². The summed E-state index contributed by atoms with van der Waals surface area (Å²) in [5.74, 6) is 0.642. The number of carbonyl (C=O) groups is 1. The highest BCUT2D eigenvalue weighted by molar-refractivity contribution is 5.92. The Hall–Kier alpha value is -1.69. The first-order valence-electron chi connectivity index (χ1n) is 8.13. The van der Waals surface area contributed by atoms with Gasteiger partial charge >= 0.3 is 0 Å². The molecule has 0 saturated carbocycles. The predicted octanol–water partition coefficient (Wildman–Crippen LogP) is 1.88. The minimum absolute atomic E-state index is 0.0250.